The number of aliphatic carboxylic acids is 1. The standard InChI is InChI=1S/C13H22N2O4/c1-15-4-5-19-11(8-15)7-14-12(16)9-2-3-10(6-9)13(17)18/h9-11H,2-8H2,1H3,(H,14,16)(H,17,18). The third-order valence-electron chi connectivity index (χ3n) is 4.00. The monoisotopic (exact) mass is 270 g/mol. The maximum atomic E-state index is 12.0. The average molecular weight is 270 g/mol. The Bertz CT molecular complexity index is 348. The van der Waals surface area contributed by atoms with Gasteiger partial charge in [-0.1, -0.05) is 0 Å². The smallest absolute Gasteiger partial charge is 0.306 e. The fourth-order valence-corrected chi connectivity index (χ4v) is 2.79. The summed E-state index contributed by atoms with van der Waals surface area (Å²) in [7, 11) is 2.03. The summed E-state index contributed by atoms with van der Waals surface area (Å²) >= 11 is 0. The number of rotatable bonds is 4. The molecule has 2 N–H and O–H groups in total. The quantitative estimate of drug-likeness (QED) is 0.748. The van der Waals surface area contributed by atoms with Gasteiger partial charge in [0, 0.05) is 25.6 Å². The molecule has 0 aromatic rings. The van der Waals surface area contributed by atoms with Crippen molar-refractivity contribution in [2.45, 2.75) is 25.4 Å². The van der Waals surface area contributed by atoms with Gasteiger partial charge in [-0.15, -0.1) is 0 Å². The van der Waals surface area contributed by atoms with Crippen LogP contribution >= 0.6 is 0 Å². The molecule has 0 radical (unpaired) electrons. The van der Waals surface area contributed by atoms with Gasteiger partial charge in [0.25, 0.3) is 0 Å². The molecule has 1 saturated carbocycles. The third kappa shape index (κ3) is 3.91. The molecule has 1 aliphatic carbocycles. The van der Waals surface area contributed by atoms with Crippen LogP contribution in [0.5, 0.6) is 0 Å². The van der Waals surface area contributed by atoms with E-state index in [2.05, 4.69) is 10.2 Å². The number of carboxylic acids is 1. The molecule has 1 aliphatic heterocycles. The molecule has 0 bridgehead atoms. The van der Waals surface area contributed by atoms with Gasteiger partial charge in [-0.05, 0) is 26.3 Å². The van der Waals surface area contributed by atoms with Gasteiger partial charge in [0.1, 0.15) is 0 Å². The molecule has 0 aromatic heterocycles. The van der Waals surface area contributed by atoms with E-state index in [4.69, 9.17) is 9.84 Å². The summed E-state index contributed by atoms with van der Waals surface area (Å²) in [5.74, 6) is -1.32. The van der Waals surface area contributed by atoms with Gasteiger partial charge in [-0.25, -0.2) is 0 Å². The molecule has 3 unspecified atom stereocenters. The maximum absolute atomic E-state index is 12.0. The second-order valence-electron chi connectivity index (χ2n) is 5.55. The van der Waals surface area contributed by atoms with Crippen LogP contribution in [0.1, 0.15) is 19.3 Å². The molecular formula is C13H22N2O4. The Hall–Kier alpha value is -1.14. The number of carbonyl (C=O) groups excluding carboxylic acids is 1. The van der Waals surface area contributed by atoms with Crippen molar-refractivity contribution in [1.29, 1.82) is 0 Å². The van der Waals surface area contributed by atoms with E-state index < -0.39 is 5.97 Å². The van der Waals surface area contributed by atoms with E-state index in [-0.39, 0.29) is 23.8 Å². The zero-order chi connectivity index (χ0) is 13.8. The summed E-state index contributed by atoms with van der Waals surface area (Å²) in [6, 6.07) is 0. The van der Waals surface area contributed by atoms with Crippen LogP contribution in [0.3, 0.4) is 0 Å². The van der Waals surface area contributed by atoms with E-state index in [0.717, 1.165) is 13.1 Å². The van der Waals surface area contributed by atoms with Crippen molar-refractivity contribution in [3.05, 3.63) is 0 Å². The van der Waals surface area contributed by atoms with Gasteiger partial charge < -0.3 is 20.1 Å². The molecule has 2 aliphatic rings. The number of amides is 1. The van der Waals surface area contributed by atoms with Crippen molar-refractivity contribution in [3.63, 3.8) is 0 Å². The summed E-state index contributed by atoms with van der Waals surface area (Å²) in [4.78, 5) is 25.0. The van der Waals surface area contributed by atoms with Crippen LogP contribution in [0.25, 0.3) is 0 Å². The lowest BCUT2D eigenvalue weighted by Gasteiger charge is -2.30. The Labute approximate surface area is 113 Å². The Balaban J connectivity index is 1.71. The van der Waals surface area contributed by atoms with Crippen molar-refractivity contribution in [2.75, 3.05) is 33.3 Å². The van der Waals surface area contributed by atoms with Crippen LogP contribution < -0.4 is 5.32 Å². The highest BCUT2D eigenvalue weighted by Crippen LogP contribution is 2.31. The highest BCUT2D eigenvalue weighted by atomic mass is 16.5. The Morgan fingerprint density at radius 3 is 2.74 bits per heavy atom. The van der Waals surface area contributed by atoms with E-state index >= 15 is 0 Å². The summed E-state index contributed by atoms with van der Waals surface area (Å²) < 4.78 is 5.57. The van der Waals surface area contributed by atoms with Crippen molar-refractivity contribution in [2.24, 2.45) is 11.8 Å². The first-order valence-corrected chi connectivity index (χ1v) is 6.87. The van der Waals surface area contributed by atoms with E-state index in [1.54, 1.807) is 0 Å². The molecule has 1 amide bonds. The summed E-state index contributed by atoms with van der Waals surface area (Å²) in [6.45, 7) is 2.95. The van der Waals surface area contributed by atoms with Gasteiger partial charge >= 0.3 is 5.97 Å². The minimum absolute atomic E-state index is 0.0272. The molecule has 1 saturated heterocycles. The molecular weight excluding hydrogens is 248 g/mol. The minimum atomic E-state index is -0.785. The van der Waals surface area contributed by atoms with E-state index in [9.17, 15) is 9.59 Å². The number of nitrogens with one attached hydrogen (secondary N) is 1. The summed E-state index contributed by atoms with van der Waals surface area (Å²) in [6.07, 6.45) is 1.79. The van der Waals surface area contributed by atoms with Crippen molar-refractivity contribution < 1.29 is 19.4 Å². The predicted octanol–water partition coefficient (Wildman–Crippen LogP) is -0.0659. The fraction of sp³-hybridized carbons (Fsp3) is 0.846. The number of hydrogen-bond acceptors (Lipinski definition) is 4. The maximum Gasteiger partial charge on any atom is 0.306 e. The Kier molecular flexibility index (Phi) is 4.76. The Morgan fingerprint density at radius 1 is 1.37 bits per heavy atom. The number of likely N-dealkylation sites (N-methyl/N-ethyl adjacent to an activating group) is 1. The fourth-order valence-electron chi connectivity index (χ4n) is 2.79. The summed E-state index contributed by atoms with van der Waals surface area (Å²) in [5.41, 5.74) is 0. The lowest BCUT2D eigenvalue weighted by atomic mass is 10.0. The highest BCUT2D eigenvalue weighted by molar-refractivity contribution is 5.80. The first kappa shape index (κ1) is 14.3. The van der Waals surface area contributed by atoms with Crippen molar-refractivity contribution in [1.82, 2.24) is 10.2 Å². The summed E-state index contributed by atoms with van der Waals surface area (Å²) in [5, 5.41) is 11.8. The first-order valence-electron chi connectivity index (χ1n) is 6.87. The molecule has 1 heterocycles. The molecule has 3 atom stereocenters. The number of morpholine rings is 1. The topological polar surface area (TPSA) is 78.9 Å². The highest BCUT2D eigenvalue weighted by Gasteiger charge is 2.34. The van der Waals surface area contributed by atoms with E-state index in [1.165, 1.54) is 0 Å². The number of ether oxygens (including phenoxy) is 1. The number of carboxylic acid groups (broad SMARTS) is 1. The Morgan fingerprint density at radius 2 is 2.11 bits per heavy atom. The number of nitrogens with zero attached hydrogens (tertiary/aromatic N) is 1. The molecule has 2 rings (SSSR count). The second kappa shape index (κ2) is 6.34. The van der Waals surface area contributed by atoms with Crippen molar-refractivity contribution >= 4 is 11.9 Å². The van der Waals surface area contributed by atoms with Crippen LogP contribution in [0.15, 0.2) is 0 Å². The zero-order valence-electron chi connectivity index (χ0n) is 11.3. The average Bonchev–Trinajstić information content (AvgIpc) is 2.86. The predicted molar refractivity (Wildman–Crippen MR) is 68.7 cm³/mol. The lowest BCUT2D eigenvalue weighted by Crippen LogP contribution is -2.46. The molecule has 6 heteroatoms. The van der Waals surface area contributed by atoms with Crippen LogP contribution in [0.4, 0.5) is 0 Å². The number of hydrogen-bond donors (Lipinski definition) is 2. The first-order chi connectivity index (χ1) is 9.06. The second-order valence-corrected chi connectivity index (χ2v) is 5.55. The van der Waals surface area contributed by atoms with Gasteiger partial charge in [-0.2, -0.15) is 0 Å². The molecule has 2 fully saturated rings. The van der Waals surface area contributed by atoms with Gasteiger partial charge in [0.05, 0.1) is 18.6 Å². The SMILES string of the molecule is CN1CCOC(CNC(=O)C2CCC(C(=O)O)C2)C1. The zero-order valence-corrected chi connectivity index (χ0v) is 11.3. The van der Waals surface area contributed by atoms with Crippen molar-refractivity contribution in [3.8, 4) is 0 Å². The van der Waals surface area contributed by atoms with Crippen LogP contribution in [-0.2, 0) is 14.3 Å². The van der Waals surface area contributed by atoms with Crippen LogP contribution in [0, 0.1) is 11.8 Å². The molecule has 19 heavy (non-hydrogen) atoms. The number of carbonyl (C=O) groups is 2. The van der Waals surface area contributed by atoms with Gasteiger partial charge in [0.15, 0.2) is 0 Å². The molecule has 6 nitrogen and oxygen atoms in total. The molecule has 0 aromatic carbocycles. The van der Waals surface area contributed by atoms with Gasteiger partial charge in [0.2, 0.25) is 5.91 Å². The van der Waals surface area contributed by atoms with E-state index in [1.807, 2.05) is 7.05 Å². The normalized spacial score (nSPS) is 32.2. The minimum Gasteiger partial charge on any atom is -0.481 e. The lowest BCUT2D eigenvalue weighted by molar-refractivity contribution is -0.141. The van der Waals surface area contributed by atoms with Crippen LogP contribution in [0.2, 0.25) is 0 Å². The van der Waals surface area contributed by atoms with E-state index in [0.29, 0.717) is 32.4 Å². The third-order valence-corrected chi connectivity index (χ3v) is 4.00. The largest absolute Gasteiger partial charge is 0.481 e. The van der Waals surface area contributed by atoms with Gasteiger partial charge in [-0.3, -0.25) is 9.59 Å². The molecule has 108 valence electrons. The van der Waals surface area contributed by atoms with Crippen LogP contribution in [-0.4, -0.2) is 61.3 Å². The molecule has 0 spiro atoms.